The van der Waals surface area contributed by atoms with Gasteiger partial charge in [-0.3, -0.25) is 24.0 Å². The summed E-state index contributed by atoms with van der Waals surface area (Å²) >= 11 is 0. The van der Waals surface area contributed by atoms with Crippen LogP contribution in [0.4, 0.5) is 0 Å². The van der Waals surface area contributed by atoms with Crippen LogP contribution in [0.3, 0.4) is 0 Å². The Kier molecular flexibility index (Phi) is 12.5. The number of carbonyl (C=O) groups excluding carboxylic acids is 6. The molecule has 0 fully saturated rings. The molecule has 0 aromatic heterocycles. The van der Waals surface area contributed by atoms with Gasteiger partial charge in [-0.05, 0) is 20.3 Å². The van der Waals surface area contributed by atoms with Gasteiger partial charge in [0.05, 0.1) is 19.7 Å². The average molecular weight is 580 g/mol. The van der Waals surface area contributed by atoms with Crippen LogP contribution in [0, 0.1) is 28.7 Å². The van der Waals surface area contributed by atoms with Crippen molar-refractivity contribution in [2.75, 3.05) is 19.8 Å². The number of rotatable bonds is 15. The van der Waals surface area contributed by atoms with Crippen molar-refractivity contribution in [3.63, 3.8) is 0 Å². The van der Waals surface area contributed by atoms with Gasteiger partial charge in [0.15, 0.2) is 11.6 Å². The number of nitriles is 1. The van der Waals surface area contributed by atoms with Crippen molar-refractivity contribution >= 4 is 35.2 Å². The second-order valence-corrected chi connectivity index (χ2v) is 11.2. The van der Waals surface area contributed by atoms with Gasteiger partial charge in [-0.2, -0.15) is 5.26 Å². The minimum absolute atomic E-state index is 0.0142. The minimum Gasteiger partial charge on any atom is -0.469 e. The van der Waals surface area contributed by atoms with E-state index in [9.17, 15) is 28.8 Å². The predicted octanol–water partition coefficient (Wildman–Crippen LogP) is 3.67. The van der Waals surface area contributed by atoms with Crippen LogP contribution in [0.1, 0.15) is 67.2 Å². The molecule has 0 heterocycles. The molecule has 224 valence electrons. The van der Waals surface area contributed by atoms with Gasteiger partial charge in [-0.15, -0.1) is 0 Å². The number of amides is 1. The quantitative estimate of drug-likeness (QED) is 0.0762. The molecular weight excluding hydrogens is 542 g/mol. The van der Waals surface area contributed by atoms with Gasteiger partial charge >= 0.3 is 11.9 Å². The fraction of sp³-hybridized carbons (Fsp3) is 0.484. The number of allylic oxidation sites excluding steroid dienone is 4. The average Bonchev–Trinajstić information content (AvgIpc) is 2.90. The zero-order valence-corrected chi connectivity index (χ0v) is 25.0. The normalized spacial score (nSPS) is 13.6. The van der Waals surface area contributed by atoms with E-state index >= 15 is 0 Å². The van der Waals surface area contributed by atoms with Gasteiger partial charge < -0.3 is 14.8 Å². The first-order valence-corrected chi connectivity index (χ1v) is 13.2. The van der Waals surface area contributed by atoms with E-state index in [4.69, 9.17) is 21.3 Å². The Labute approximate surface area is 246 Å². The number of ether oxygens (including phenoxy) is 2. The first kappa shape index (κ1) is 35.4. The molecular formula is C31H37N3O8. The molecule has 1 rings (SSSR count). The minimum atomic E-state index is -1.02. The summed E-state index contributed by atoms with van der Waals surface area (Å²) in [6, 6.07) is 1.59. The van der Waals surface area contributed by atoms with E-state index in [0.29, 0.717) is 0 Å². The molecule has 1 amide bonds. The van der Waals surface area contributed by atoms with Crippen LogP contribution in [0.25, 0.3) is 4.85 Å². The van der Waals surface area contributed by atoms with Gasteiger partial charge in [-0.25, -0.2) is 9.64 Å². The number of nitrogens with zero attached hydrogens (tertiary/aromatic N) is 2. The van der Waals surface area contributed by atoms with Crippen molar-refractivity contribution in [1.29, 1.82) is 5.26 Å². The van der Waals surface area contributed by atoms with Crippen LogP contribution >= 0.6 is 0 Å². The van der Waals surface area contributed by atoms with E-state index in [2.05, 4.69) is 23.3 Å². The fourth-order valence-corrected chi connectivity index (χ4v) is 4.82. The third-order valence-corrected chi connectivity index (χ3v) is 6.72. The Bertz CT molecular complexity index is 1260. The molecule has 0 aliphatic heterocycles. The first-order chi connectivity index (χ1) is 19.4. The van der Waals surface area contributed by atoms with E-state index in [1.54, 1.807) is 33.8 Å². The zero-order valence-electron chi connectivity index (χ0n) is 25.0. The highest BCUT2D eigenvalue weighted by Crippen LogP contribution is 2.44. The third kappa shape index (κ3) is 9.20. The molecule has 0 spiro atoms. The molecule has 0 saturated carbocycles. The Morgan fingerprint density at radius 2 is 1.40 bits per heavy atom. The van der Waals surface area contributed by atoms with Crippen LogP contribution in [-0.2, 0) is 38.2 Å². The molecule has 1 aliphatic carbocycles. The second-order valence-electron chi connectivity index (χ2n) is 11.2. The summed E-state index contributed by atoms with van der Waals surface area (Å²) in [6.45, 7) is 22.9. The highest BCUT2D eigenvalue weighted by Gasteiger charge is 2.43. The van der Waals surface area contributed by atoms with Crippen LogP contribution in [0.15, 0.2) is 46.7 Å². The number of Topliss-reactive ketones (excluding diaryl/α,β-unsaturated/α-hetero) is 3. The van der Waals surface area contributed by atoms with Crippen LogP contribution in [0.5, 0.6) is 0 Å². The lowest BCUT2D eigenvalue weighted by molar-refractivity contribution is -0.139. The van der Waals surface area contributed by atoms with Gasteiger partial charge in [0.25, 0.3) is 5.70 Å². The van der Waals surface area contributed by atoms with Crippen LogP contribution in [0.2, 0.25) is 0 Å². The maximum Gasteiger partial charge on any atom is 0.348 e. The smallest absolute Gasteiger partial charge is 0.348 e. The Morgan fingerprint density at radius 3 is 1.90 bits per heavy atom. The summed E-state index contributed by atoms with van der Waals surface area (Å²) in [6.07, 6.45) is 0.139. The maximum atomic E-state index is 13.6. The Hall–Kier alpha value is -4.64. The van der Waals surface area contributed by atoms with Gasteiger partial charge in [0.1, 0.15) is 24.0 Å². The van der Waals surface area contributed by atoms with Crippen LogP contribution in [-0.4, -0.2) is 55.0 Å². The molecule has 1 N–H and O–H groups in total. The molecule has 0 radical (unpaired) electrons. The van der Waals surface area contributed by atoms with Crippen LogP contribution < -0.4 is 5.32 Å². The largest absolute Gasteiger partial charge is 0.469 e. The zero-order chi connectivity index (χ0) is 32.4. The van der Waals surface area contributed by atoms with Crippen molar-refractivity contribution in [3.8, 4) is 6.07 Å². The lowest BCUT2D eigenvalue weighted by Crippen LogP contribution is -2.38. The SMILES string of the molecule is [C-]#[N+]C(=C)C(=O)OCCNC(=O)CC(C)(C)C1=C(C)C(=O)C(C(C)(C)CC(=O)CCCOC(=O)C(=C)C#N)=C(C)C1=O. The third-order valence-electron chi connectivity index (χ3n) is 6.72. The summed E-state index contributed by atoms with van der Waals surface area (Å²) in [5.74, 6) is -3.09. The van der Waals surface area contributed by atoms with Crippen molar-refractivity contribution in [1.82, 2.24) is 5.32 Å². The van der Waals surface area contributed by atoms with E-state index in [1.165, 1.54) is 13.8 Å². The summed E-state index contributed by atoms with van der Waals surface area (Å²) in [4.78, 5) is 78.4. The predicted molar refractivity (Wildman–Crippen MR) is 152 cm³/mol. The number of carbonyl (C=O) groups is 6. The number of nitrogens with one attached hydrogen (secondary N) is 1. The molecule has 0 aromatic carbocycles. The van der Waals surface area contributed by atoms with Crippen molar-refractivity contribution in [2.45, 2.75) is 67.2 Å². The number of ketones is 3. The van der Waals surface area contributed by atoms with Crippen molar-refractivity contribution < 1.29 is 38.2 Å². The first-order valence-electron chi connectivity index (χ1n) is 13.2. The second kappa shape index (κ2) is 14.8. The summed E-state index contributed by atoms with van der Waals surface area (Å²) in [5.41, 5.74) is -1.82. The molecule has 11 nitrogen and oxygen atoms in total. The van der Waals surface area contributed by atoms with Crippen molar-refractivity contribution in [3.05, 3.63) is 58.1 Å². The van der Waals surface area contributed by atoms with E-state index in [1.807, 2.05) is 0 Å². The van der Waals surface area contributed by atoms with Gasteiger partial charge in [0.2, 0.25) is 5.91 Å². The lowest BCUT2D eigenvalue weighted by atomic mass is 9.65. The number of hydrogen-bond donors (Lipinski definition) is 1. The Morgan fingerprint density at radius 1 is 0.905 bits per heavy atom. The van der Waals surface area contributed by atoms with E-state index < -0.39 is 28.7 Å². The topological polar surface area (TPSA) is 161 Å². The summed E-state index contributed by atoms with van der Waals surface area (Å²) < 4.78 is 9.72. The highest BCUT2D eigenvalue weighted by atomic mass is 16.5. The number of esters is 2. The molecule has 11 heteroatoms. The molecule has 0 bridgehead atoms. The Balaban J connectivity index is 2.91. The van der Waals surface area contributed by atoms with Gasteiger partial charge in [0, 0.05) is 52.4 Å². The molecule has 0 atom stereocenters. The maximum absolute atomic E-state index is 13.6. The summed E-state index contributed by atoms with van der Waals surface area (Å²) in [7, 11) is 0. The molecule has 42 heavy (non-hydrogen) atoms. The number of hydrogen-bond acceptors (Lipinski definition) is 9. The van der Waals surface area contributed by atoms with Crippen molar-refractivity contribution in [2.24, 2.45) is 10.8 Å². The van der Waals surface area contributed by atoms with E-state index in [0.717, 1.165) is 0 Å². The van der Waals surface area contributed by atoms with E-state index in [-0.39, 0.29) is 96.4 Å². The summed E-state index contributed by atoms with van der Waals surface area (Å²) in [5, 5.41) is 11.2. The monoisotopic (exact) mass is 579 g/mol. The van der Waals surface area contributed by atoms with Gasteiger partial charge in [-0.1, -0.05) is 40.9 Å². The fourth-order valence-electron chi connectivity index (χ4n) is 4.82. The lowest BCUT2D eigenvalue weighted by Gasteiger charge is -2.36. The standard InChI is InChI=1S/C31H37N3O8/c1-18(17-32)28(39)41-13-10-11-22(35)15-30(5,6)24-19(2)27(38)25(20(3)26(24)37)31(7,8)16-23(36)34-12-14-42-29(40)21(4)33-9/h1,4,10-16H2,2-3,5-8H3,(H,34,36). The molecule has 0 saturated heterocycles. The highest BCUT2D eigenvalue weighted by molar-refractivity contribution is 6.26. The molecule has 0 unspecified atom stereocenters. The molecule has 0 aromatic rings. The molecule has 1 aliphatic rings.